The van der Waals surface area contributed by atoms with E-state index >= 15 is 0 Å². The van der Waals surface area contributed by atoms with Crippen molar-refractivity contribution in [2.45, 2.75) is 12.6 Å². The molecule has 2 nitrogen and oxygen atoms in total. The lowest BCUT2D eigenvalue weighted by Crippen LogP contribution is -2.50. The van der Waals surface area contributed by atoms with Gasteiger partial charge in [0.1, 0.15) is 0 Å². The van der Waals surface area contributed by atoms with E-state index in [4.69, 9.17) is 5.11 Å². The van der Waals surface area contributed by atoms with Crippen molar-refractivity contribution < 1.29 is 27.1 Å². The van der Waals surface area contributed by atoms with Gasteiger partial charge in [-0.1, -0.05) is 0 Å². The second kappa shape index (κ2) is 4.23. The zero-order valence-electron chi connectivity index (χ0n) is 8.48. The third-order valence-corrected chi connectivity index (χ3v) is 2.62. The van der Waals surface area contributed by atoms with Crippen LogP contribution in [0.2, 0.25) is 0 Å². The monoisotopic (exact) mass is 253 g/mol. The van der Waals surface area contributed by atoms with Crippen LogP contribution in [0.3, 0.4) is 0 Å². The summed E-state index contributed by atoms with van der Waals surface area (Å²) >= 11 is 0. The summed E-state index contributed by atoms with van der Waals surface area (Å²) in [6, 6.07) is 0. The quantitative estimate of drug-likeness (QED) is 0.491. The Hall–Kier alpha value is -1.21. The summed E-state index contributed by atoms with van der Waals surface area (Å²) in [5.41, 5.74) is -0.867. The Balaban J connectivity index is 2.33. The normalized spacial score (nSPS) is 17.3. The van der Waals surface area contributed by atoms with E-state index in [9.17, 15) is 22.0 Å². The van der Waals surface area contributed by atoms with Crippen LogP contribution in [0.5, 0.6) is 0 Å². The zero-order valence-corrected chi connectivity index (χ0v) is 8.48. The highest BCUT2D eigenvalue weighted by atomic mass is 19.2. The molecule has 17 heavy (non-hydrogen) atoms. The molecule has 0 saturated carbocycles. The van der Waals surface area contributed by atoms with Crippen molar-refractivity contribution in [2.24, 2.45) is 0 Å². The first-order chi connectivity index (χ1) is 7.91. The Labute approximate surface area is 93.3 Å². The molecule has 2 rings (SSSR count). The Morgan fingerprint density at radius 3 is 1.71 bits per heavy atom. The first kappa shape index (κ1) is 12.3. The van der Waals surface area contributed by atoms with E-state index in [1.807, 2.05) is 0 Å². The molecule has 1 fully saturated rings. The van der Waals surface area contributed by atoms with E-state index in [1.54, 1.807) is 0 Å². The SMILES string of the molecule is OC1CN(Cc2c(F)c(F)c(F)c(F)c2F)C1. The molecule has 0 unspecified atom stereocenters. The minimum atomic E-state index is -2.16. The minimum absolute atomic E-state index is 0.152. The first-order valence-electron chi connectivity index (χ1n) is 4.82. The van der Waals surface area contributed by atoms with Crippen LogP contribution in [0.15, 0.2) is 0 Å². The lowest BCUT2D eigenvalue weighted by Gasteiger charge is -2.35. The van der Waals surface area contributed by atoms with Crippen LogP contribution in [-0.4, -0.2) is 29.2 Å². The van der Waals surface area contributed by atoms with E-state index in [-0.39, 0.29) is 13.1 Å². The highest BCUT2D eigenvalue weighted by molar-refractivity contribution is 5.24. The van der Waals surface area contributed by atoms with Crippen LogP contribution in [-0.2, 0) is 6.54 Å². The molecule has 0 spiro atoms. The summed E-state index contributed by atoms with van der Waals surface area (Å²) in [4.78, 5) is 1.38. The van der Waals surface area contributed by atoms with Gasteiger partial charge in [0.05, 0.1) is 6.10 Å². The predicted octanol–water partition coefficient (Wildman–Crippen LogP) is 1.56. The Kier molecular flexibility index (Phi) is 3.05. The Morgan fingerprint density at radius 2 is 1.29 bits per heavy atom. The van der Waals surface area contributed by atoms with Gasteiger partial charge in [0.25, 0.3) is 0 Å². The first-order valence-corrected chi connectivity index (χ1v) is 4.82. The molecule has 1 aliphatic heterocycles. The van der Waals surface area contributed by atoms with Crippen molar-refractivity contribution in [1.82, 2.24) is 4.90 Å². The number of rotatable bonds is 2. The number of hydrogen-bond acceptors (Lipinski definition) is 2. The van der Waals surface area contributed by atoms with Gasteiger partial charge in [0.2, 0.25) is 5.82 Å². The molecule has 0 bridgehead atoms. The predicted molar refractivity (Wildman–Crippen MR) is 47.5 cm³/mol. The van der Waals surface area contributed by atoms with Gasteiger partial charge >= 0.3 is 0 Å². The maximum absolute atomic E-state index is 13.2. The number of nitrogens with zero attached hydrogens (tertiary/aromatic N) is 1. The largest absolute Gasteiger partial charge is 0.390 e. The summed E-state index contributed by atoms with van der Waals surface area (Å²) in [5.74, 6) is -9.68. The van der Waals surface area contributed by atoms with Gasteiger partial charge < -0.3 is 5.11 Å². The van der Waals surface area contributed by atoms with Crippen LogP contribution < -0.4 is 0 Å². The fraction of sp³-hybridized carbons (Fsp3) is 0.400. The average Bonchev–Trinajstić information content (AvgIpc) is 2.27. The van der Waals surface area contributed by atoms with Crippen LogP contribution in [0.25, 0.3) is 0 Å². The number of aliphatic hydroxyl groups is 1. The molecule has 0 atom stereocenters. The van der Waals surface area contributed by atoms with Gasteiger partial charge in [-0.25, -0.2) is 22.0 Å². The molecule has 1 heterocycles. The van der Waals surface area contributed by atoms with E-state index in [2.05, 4.69) is 0 Å². The Bertz CT molecular complexity index is 429. The highest BCUT2D eigenvalue weighted by Gasteiger charge is 2.30. The summed E-state index contributed by atoms with van der Waals surface area (Å²) in [6.45, 7) is -0.109. The van der Waals surface area contributed by atoms with E-state index in [0.29, 0.717) is 0 Å². The summed E-state index contributed by atoms with van der Waals surface area (Å²) in [5, 5.41) is 8.95. The van der Waals surface area contributed by atoms with Crippen LogP contribution in [0, 0.1) is 29.1 Å². The van der Waals surface area contributed by atoms with Crippen molar-refractivity contribution in [3.8, 4) is 0 Å². The maximum atomic E-state index is 13.2. The van der Waals surface area contributed by atoms with Gasteiger partial charge in [-0.2, -0.15) is 0 Å². The van der Waals surface area contributed by atoms with Gasteiger partial charge in [-0.3, -0.25) is 4.90 Å². The summed E-state index contributed by atoms with van der Waals surface area (Å²) < 4.78 is 64.8. The number of benzene rings is 1. The number of β-amino-alcohol motifs (C(OH)–C–C–N with tert-alkyl or cyclic N) is 1. The standard InChI is InChI=1S/C10H8F5NO/c11-6-5(3-16-1-4(17)2-16)7(12)9(14)10(15)8(6)13/h4,17H,1-3H2. The molecule has 1 saturated heterocycles. The van der Waals surface area contributed by atoms with Crippen molar-refractivity contribution in [3.63, 3.8) is 0 Å². The van der Waals surface area contributed by atoms with Crippen LogP contribution in [0.1, 0.15) is 5.56 Å². The number of likely N-dealkylation sites (tertiary alicyclic amines) is 1. The molecule has 0 radical (unpaired) electrons. The molecule has 94 valence electrons. The van der Waals surface area contributed by atoms with Crippen molar-refractivity contribution >= 4 is 0 Å². The van der Waals surface area contributed by atoms with Crippen LogP contribution in [0.4, 0.5) is 22.0 Å². The second-order valence-corrected chi connectivity index (χ2v) is 3.90. The molecular weight excluding hydrogens is 245 g/mol. The molecule has 1 aromatic carbocycles. The van der Waals surface area contributed by atoms with Crippen LogP contribution >= 0.6 is 0 Å². The van der Waals surface area contributed by atoms with Gasteiger partial charge in [0, 0.05) is 25.2 Å². The summed E-state index contributed by atoms with van der Waals surface area (Å²) in [6.07, 6.45) is -0.615. The van der Waals surface area contributed by atoms with Gasteiger partial charge in [-0.05, 0) is 0 Å². The fourth-order valence-electron chi connectivity index (χ4n) is 1.68. The van der Waals surface area contributed by atoms with Crippen molar-refractivity contribution in [3.05, 3.63) is 34.6 Å². The molecule has 1 aromatic rings. The van der Waals surface area contributed by atoms with E-state index < -0.39 is 47.3 Å². The van der Waals surface area contributed by atoms with Gasteiger partial charge in [0.15, 0.2) is 23.3 Å². The van der Waals surface area contributed by atoms with E-state index in [0.717, 1.165) is 0 Å². The lowest BCUT2D eigenvalue weighted by molar-refractivity contribution is -0.00430. The number of halogens is 5. The van der Waals surface area contributed by atoms with Crippen molar-refractivity contribution in [1.29, 1.82) is 0 Å². The third kappa shape index (κ3) is 2.00. The zero-order chi connectivity index (χ0) is 12.7. The smallest absolute Gasteiger partial charge is 0.200 e. The molecule has 7 heteroatoms. The topological polar surface area (TPSA) is 23.5 Å². The maximum Gasteiger partial charge on any atom is 0.200 e. The third-order valence-electron chi connectivity index (χ3n) is 2.62. The highest BCUT2D eigenvalue weighted by Crippen LogP contribution is 2.25. The second-order valence-electron chi connectivity index (χ2n) is 3.90. The number of hydrogen-bond donors (Lipinski definition) is 1. The molecular formula is C10H8F5NO. The van der Waals surface area contributed by atoms with Gasteiger partial charge in [-0.15, -0.1) is 0 Å². The fourth-order valence-corrected chi connectivity index (χ4v) is 1.68. The van der Waals surface area contributed by atoms with E-state index in [1.165, 1.54) is 4.90 Å². The minimum Gasteiger partial charge on any atom is -0.390 e. The number of aliphatic hydroxyl groups excluding tert-OH is 1. The molecule has 0 aromatic heterocycles. The van der Waals surface area contributed by atoms with Crippen molar-refractivity contribution in [2.75, 3.05) is 13.1 Å². The Morgan fingerprint density at radius 1 is 0.882 bits per heavy atom. The molecule has 1 N–H and O–H groups in total. The molecule has 0 aliphatic carbocycles. The lowest BCUT2D eigenvalue weighted by atomic mass is 10.1. The molecule has 0 amide bonds. The molecule has 1 aliphatic rings. The summed E-state index contributed by atoms with van der Waals surface area (Å²) in [7, 11) is 0. The average molecular weight is 253 g/mol.